The van der Waals surface area contributed by atoms with E-state index in [2.05, 4.69) is 33.5 Å². The third-order valence-electron chi connectivity index (χ3n) is 3.81. The Morgan fingerprint density at radius 1 is 1.44 bits per heavy atom. The maximum absolute atomic E-state index is 11.6. The lowest BCUT2D eigenvalue weighted by atomic mass is 9.94. The molecule has 1 fully saturated rings. The van der Waals surface area contributed by atoms with E-state index < -0.39 is 8.80 Å². The van der Waals surface area contributed by atoms with Crippen LogP contribution in [0.4, 0.5) is 0 Å². The summed E-state index contributed by atoms with van der Waals surface area (Å²) in [4.78, 5) is 11.6. The van der Waals surface area contributed by atoms with Crippen LogP contribution in [0.3, 0.4) is 0 Å². The van der Waals surface area contributed by atoms with Crippen molar-refractivity contribution in [2.75, 3.05) is 6.61 Å². The van der Waals surface area contributed by atoms with Gasteiger partial charge in [0.1, 0.15) is 6.10 Å². The number of hydrogen-bond acceptors (Lipinski definition) is 3. The SMILES string of the molecule is C=CC(=O)OC(C(C)C)C1([SiH](C)C)CCCCO1. The standard InChI is InChI=1S/C14H26O3Si/c1-6-12(15)17-13(11(2)3)14(18(4)5)9-7-8-10-16-14/h6,11,13,18H,1,7-10H2,2-5H3. The van der Waals surface area contributed by atoms with Crippen LogP contribution in [0.25, 0.3) is 0 Å². The molecule has 18 heavy (non-hydrogen) atoms. The zero-order chi connectivity index (χ0) is 13.8. The maximum atomic E-state index is 11.6. The fourth-order valence-corrected chi connectivity index (χ4v) is 5.16. The first-order valence-corrected chi connectivity index (χ1v) is 9.79. The Hall–Kier alpha value is -0.613. The van der Waals surface area contributed by atoms with Gasteiger partial charge in [-0.05, 0) is 25.2 Å². The molecule has 0 N–H and O–H groups in total. The van der Waals surface area contributed by atoms with Gasteiger partial charge in [0.15, 0.2) is 0 Å². The van der Waals surface area contributed by atoms with Gasteiger partial charge >= 0.3 is 5.97 Å². The van der Waals surface area contributed by atoms with E-state index in [0.29, 0.717) is 0 Å². The zero-order valence-corrected chi connectivity index (χ0v) is 13.2. The lowest BCUT2D eigenvalue weighted by molar-refractivity contribution is -0.167. The molecular weight excluding hydrogens is 244 g/mol. The fourth-order valence-electron chi connectivity index (χ4n) is 2.82. The van der Waals surface area contributed by atoms with Crippen molar-refractivity contribution in [3.63, 3.8) is 0 Å². The predicted octanol–water partition coefficient (Wildman–Crippen LogP) is 2.71. The van der Waals surface area contributed by atoms with Gasteiger partial charge in [-0.15, -0.1) is 0 Å². The second-order valence-electron chi connectivity index (χ2n) is 5.72. The maximum Gasteiger partial charge on any atom is 0.330 e. The van der Waals surface area contributed by atoms with Crippen LogP contribution in [0.15, 0.2) is 12.7 Å². The van der Waals surface area contributed by atoms with Gasteiger partial charge in [0.25, 0.3) is 0 Å². The average molecular weight is 270 g/mol. The van der Waals surface area contributed by atoms with E-state index in [9.17, 15) is 4.79 Å². The van der Waals surface area contributed by atoms with E-state index in [4.69, 9.17) is 9.47 Å². The summed E-state index contributed by atoms with van der Waals surface area (Å²) in [5, 5.41) is -0.203. The molecule has 1 heterocycles. The van der Waals surface area contributed by atoms with Crippen molar-refractivity contribution in [2.45, 2.75) is 57.5 Å². The van der Waals surface area contributed by atoms with E-state index in [1.54, 1.807) is 0 Å². The predicted molar refractivity (Wildman–Crippen MR) is 76.3 cm³/mol. The lowest BCUT2D eigenvalue weighted by Gasteiger charge is -2.46. The highest BCUT2D eigenvalue weighted by Gasteiger charge is 2.47. The monoisotopic (exact) mass is 270 g/mol. The molecule has 104 valence electrons. The van der Waals surface area contributed by atoms with Crippen molar-refractivity contribution in [1.82, 2.24) is 0 Å². The summed E-state index contributed by atoms with van der Waals surface area (Å²) in [5.41, 5.74) is 0. The molecule has 0 aliphatic carbocycles. The van der Waals surface area contributed by atoms with Crippen LogP contribution in [0.2, 0.25) is 13.1 Å². The molecule has 4 heteroatoms. The number of carbonyl (C=O) groups excluding carboxylic acids is 1. The topological polar surface area (TPSA) is 35.5 Å². The molecular formula is C14H26O3Si. The smallest absolute Gasteiger partial charge is 0.330 e. The molecule has 1 aliphatic heterocycles. The lowest BCUT2D eigenvalue weighted by Crippen LogP contribution is -2.59. The molecule has 0 aromatic carbocycles. The summed E-state index contributed by atoms with van der Waals surface area (Å²) in [6.07, 6.45) is 4.40. The molecule has 0 aromatic heterocycles. The third-order valence-corrected chi connectivity index (χ3v) is 6.55. The molecule has 0 aromatic rings. The number of carbonyl (C=O) groups is 1. The zero-order valence-electron chi connectivity index (χ0n) is 12.1. The van der Waals surface area contributed by atoms with Crippen LogP contribution in [0, 0.1) is 5.92 Å². The molecule has 3 nitrogen and oxygen atoms in total. The van der Waals surface area contributed by atoms with Gasteiger partial charge in [-0.1, -0.05) is 33.5 Å². The number of hydrogen-bond donors (Lipinski definition) is 0. The van der Waals surface area contributed by atoms with Gasteiger partial charge in [0.2, 0.25) is 0 Å². The molecule has 2 unspecified atom stereocenters. The second kappa shape index (κ2) is 6.52. The van der Waals surface area contributed by atoms with Gasteiger partial charge in [0.05, 0.1) is 14.0 Å². The van der Waals surface area contributed by atoms with Gasteiger partial charge in [-0.2, -0.15) is 0 Å². The molecule has 0 bridgehead atoms. The van der Waals surface area contributed by atoms with Crippen molar-refractivity contribution >= 4 is 14.8 Å². The number of ether oxygens (including phenoxy) is 2. The summed E-state index contributed by atoms with van der Waals surface area (Å²) in [7, 11) is -1.11. The van der Waals surface area contributed by atoms with Gasteiger partial charge in [-0.25, -0.2) is 4.79 Å². The normalized spacial score (nSPS) is 26.1. The number of rotatable bonds is 5. The van der Waals surface area contributed by atoms with Gasteiger partial charge in [0, 0.05) is 12.7 Å². The minimum absolute atomic E-state index is 0.144. The van der Waals surface area contributed by atoms with Crippen molar-refractivity contribution in [3.05, 3.63) is 12.7 Å². The van der Waals surface area contributed by atoms with Crippen molar-refractivity contribution < 1.29 is 14.3 Å². The van der Waals surface area contributed by atoms with Crippen LogP contribution in [0.5, 0.6) is 0 Å². The fraction of sp³-hybridized carbons (Fsp3) is 0.786. The molecule has 1 rings (SSSR count). The molecule has 1 aliphatic rings. The van der Waals surface area contributed by atoms with E-state index in [1.807, 2.05) is 0 Å². The molecule has 0 amide bonds. The van der Waals surface area contributed by atoms with Crippen LogP contribution in [-0.2, 0) is 14.3 Å². The summed E-state index contributed by atoms with van der Waals surface area (Å²) in [5.74, 6) is -0.0706. The summed E-state index contributed by atoms with van der Waals surface area (Å²) in [6, 6.07) is 0. The van der Waals surface area contributed by atoms with Gasteiger partial charge in [-0.3, -0.25) is 0 Å². The minimum Gasteiger partial charge on any atom is -0.456 e. The number of esters is 1. The largest absolute Gasteiger partial charge is 0.456 e. The molecule has 0 radical (unpaired) electrons. The van der Waals surface area contributed by atoms with Crippen molar-refractivity contribution in [1.29, 1.82) is 0 Å². The Bertz CT molecular complexity index is 293. The first-order chi connectivity index (χ1) is 8.44. The van der Waals surface area contributed by atoms with Crippen molar-refractivity contribution in [3.8, 4) is 0 Å². The van der Waals surface area contributed by atoms with Crippen LogP contribution in [-0.4, -0.2) is 32.7 Å². The Morgan fingerprint density at radius 3 is 2.50 bits per heavy atom. The summed E-state index contributed by atoms with van der Waals surface area (Å²) in [6.45, 7) is 13.0. The highest BCUT2D eigenvalue weighted by atomic mass is 28.3. The van der Waals surface area contributed by atoms with E-state index in [0.717, 1.165) is 19.4 Å². The highest BCUT2D eigenvalue weighted by molar-refractivity contribution is 6.59. The van der Waals surface area contributed by atoms with Crippen LogP contribution in [0.1, 0.15) is 33.1 Å². The summed E-state index contributed by atoms with van der Waals surface area (Å²) < 4.78 is 11.8. The molecule has 0 spiro atoms. The first kappa shape index (κ1) is 15.4. The Labute approximate surface area is 112 Å². The summed E-state index contributed by atoms with van der Waals surface area (Å²) >= 11 is 0. The van der Waals surface area contributed by atoms with E-state index in [1.165, 1.54) is 12.5 Å². The molecule has 0 saturated carbocycles. The van der Waals surface area contributed by atoms with Crippen molar-refractivity contribution in [2.24, 2.45) is 5.92 Å². The molecule has 2 atom stereocenters. The Kier molecular flexibility index (Phi) is 5.60. The highest BCUT2D eigenvalue weighted by Crippen LogP contribution is 2.36. The third kappa shape index (κ3) is 3.23. The van der Waals surface area contributed by atoms with Crippen LogP contribution < -0.4 is 0 Å². The quantitative estimate of drug-likeness (QED) is 0.438. The second-order valence-corrected chi connectivity index (χ2v) is 9.01. The van der Waals surface area contributed by atoms with E-state index in [-0.39, 0.29) is 23.2 Å². The van der Waals surface area contributed by atoms with Crippen LogP contribution >= 0.6 is 0 Å². The van der Waals surface area contributed by atoms with Gasteiger partial charge < -0.3 is 9.47 Å². The average Bonchev–Trinajstić information content (AvgIpc) is 2.35. The Balaban J connectivity index is 2.97. The minimum atomic E-state index is -1.11. The molecule has 1 saturated heterocycles. The first-order valence-electron chi connectivity index (χ1n) is 6.91. The van der Waals surface area contributed by atoms with E-state index >= 15 is 0 Å². The Morgan fingerprint density at radius 2 is 2.11 bits per heavy atom.